The number of carboxylic acids is 1. The van der Waals surface area contributed by atoms with Gasteiger partial charge in [0.05, 0.1) is 6.04 Å². The van der Waals surface area contributed by atoms with E-state index in [1.165, 1.54) is 4.90 Å². The minimum atomic E-state index is -1.51. The number of hydrogen-bond donors (Lipinski definition) is 2. The minimum absolute atomic E-state index is 0.224. The molecule has 2 rings (SSSR count). The van der Waals surface area contributed by atoms with Crippen LogP contribution in [0, 0.1) is 0 Å². The molecule has 0 saturated carbocycles. The minimum Gasteiger partial charge on any atom is -0.479 e. The summed E-state index contributed by atoms with van der Waals surface area (Å²) in [5, 5.41) is 18.4. The van der Waals surface area contributed by atoms with Crippen molar-refractivity contribution < 1.29 is 19.8 Å². The van der Waals surface area contributed by atoms with Crippen LogP contribution >= 0.6 is 0 Å². The molecule has 0 unspecified atom stereocenters. The number of nitrogens with zero attached hydrogens (tertiary/aromatic N) is 1. The van der Waals surface area contributed by atoms with E-state index >= 15 is 0 Å². The van der Waals surface area contributed by atoms with E-state index in [9.17, 15) is 14.7 Å². The number of carboxylic acid groups (broad SMARTS) is 1. The van der Waals surface area contributed by atoms with Crippen molar-refractivity contribution in [2.24, 2.45) is 0 Å². The van der Waals surface area contributed by atoms with E-state index in [-0.39, 0.29) is 5.91 Å². The molecular weight excluding hydrogens is 234 g/mol. The first-order valence-electron chi connectivity index (χ1n) is 5.88. The van der Waals surface area contributed by atoms with Crippen molar-refractivity contribution in [3.63, 3.8) is 0 Å². The summed E-state index contributed by atoms with van der Waals surface area (Å²) in [6.07, 6.45) is -0.278. The number of rotatable bonds is 3. The van der Waals surface area contributed by atoms with Gasteiger partial charge in [-0.2, -0.15) is 0 Å². The summed E-state index contributed by atoms with van der Waals surface area (Å²) in [5.41, 5.74) is 0.516. The van der Waals surface area contributed by atoms with Gasteiger partial charge in [-0.1, -0.05) is 18.2 Å². The van der Waals surface area contributed by atoms with Crippen LogP contribution < -0.4 is 0 Å². The average Bonchev–Trinajstić information content (AvgIpc) is 2.87. The number of hydrogen-bond acceptors (Lipinski definition) is 3. The molecule has 96 valence electrons. The van der Waals surface area contributed by atoms with Crippen LogP contribution in [0.3, 0.4) is 0 Å². The van der Waals surface area contributed by atoms with Gasteiger partial charge >= 0.3 is 5.97 Å². The van der Waals surface area contributed by atoms with Gasteiger partial charge in [0, 0.05) is 12.1 Å². The Kier molecular flexibility index (Phi) is 3.62. The molecule has 0 aromatic heterocycles. The Morgan fingerprint density at radius 1 is 1.28 bits per heavy atom. The monoisotopic (exact) mass is 249 g/mol. The Bertz CT molecular complexity index is 446. The number of benzene rings is 1. The smallest absolute Gasteiger partial charge is 0.334 e. The number of likely N-dealkylation sites (tertiary alicyclic amines) is 1. The first-order chi connectivity index (χ1) is 8.61. The maximum absolute atomic E-state index is 12.2. The summed E-state index contributed by atoms with van der Waals surface area (Å²) in [7, 11) is 0. The van der Waals surface area contributed by atoms with Crippen LogP contribution in [0.1, 0.15) is 23.2 Å². The predicted octanol–water partition coefficient (Wildman–Crippen LogP) is 0.737. The second kappa shape index (κ2) is 5.18. The Hall–Kier alpha value is -1.88. The molecule has 2 N–H and O–H groups in total. The summed E-state index contributed by atoms with van der Waals surface area (Å²) in [6.45, 7) is 0.489. The topological polar surface area (TPSA) is 77.8 Å². The molecule has 5 nitrogen and oxygen atoms in total. The molecule has 1 fully saturated rings. The molecule has 1 saturated heterocycles. The van der Waals surface area contributed by atoms with Crippen LogP contribution in [0.15, 0.2) is 30.3 Å². The highest BCUT2D eigenvalue weighted by atomic mass is 16.4. The molecule has 2 atom stereocenters. The Balaban J connectivity index is 2.17. The lowest BCUT2D eigenvalue weighted by molar-refractivity contribution is -0.149. The third-order valence-corrected chi connectivity index (χ3v) is 3.20. The van der Waals surface area contributed by atoms with Gasteiger partial charge in [-0.15, -0.1) is 0 Å². The standard InChI is InChI=1S/C13H15NO4/c15-11(13(17)18)10-7-4-8-14(10)12(16)9-5-2-1-3-6-9/h1-3,5-6,10-11,15H,4,7-8H2,(H,17,18)/t10-,11+/m0/s1. The average molecular weight is 249 g/mol. The quantitative estimate of drug-likeness (QED) is 0.828. The number of amides is 1. The van der Waals surface area contributed by atoms with Gasteiger partial charge in [-0.3, -0.25) is 4.79 Å². The summed E-state index contributed by atoms with van der Waals surface area (Å²) < 4.78 is 0. The fourth-order valence-electron chi connectivity index (χ4n) is 2.28. The molecule has 1 amide bonds. The number of aliphatic carboxylic acids is 1. The number of carbonyl (C=O) groups is 2. The van der Waals surface area contributed by atoms with E-state index in [0.717, 1.165) is 0 Å². The Labute approximate surface area is 105 Å². The molecule has 1 aromatic rings. The van der Waals surface area contributed by atoms with Crippen LogP contribution in [-0.2, 0) is 4.79 Å². The van der Waals surface area contributed by atoms with Crippen LogP contribution in [-0.4, -0.2) is 45.7 Å². The summed E-state index contributed by atoms with van der Waals surface area (Å²) in [5.74, 6) is -1.51. The lowest BCUT2D eigenvalue weighted by Crippen LogP contribution is -2.46. The molecule has 0 spiro atoms. The molecular formula is C13H15NO4. The molecule has 1 aliphatic rings. The highest BCUT2D eigenvalue weighted by molar-refractivity contribution is 5.95. The summed E-state index contributed by atoms with van der Waals surface area (Å²) in [6, 6.07) is 8.06. The SMILES string of the molecule is O=C(O)[C@H](O)[C@@H]1CCCN1C(=O)c1ccccc1. The van der Waals surface area contributed by atoms with Gasteiger partial charge < -0.3 is 15.1 Å². The highest BCUT2D eigenvalue weighted by Gasteiger charge is 2.37. The van der Waals surface area contributed by atoms with Gasteiger partial charge in [-0.05, 0) is 25.0 Å². The van der Waals surface area contributed by atoms with Crippen molar-refractivity contribution >= 4 is 11.9 Å². The van der Waals surface area contributed by atoms with E-state index in [2.05, 4.69) is 0 Å². The molecule has 1 heterocycles. The van der Waals surface area contributed by atoms with Crippen LogP contribution in [0.5, 0.6) is 0 Å². The van der Waals surface area contributed by atoms with Gasteiger partial charge in [0.25, 0.3) is 5.91 Å². The molecule has 0 bridgehead atoms. The van der Waals surface area contributed by atoms with Gasteiger partial charge in [0.15, 0.2) is 6.10 Å². The predicted molar refractivity (Wildman–Crippen MR) is 64.1 cm³/mol. The van der Waals surface area contributed by atoms with Crippen molar-refractivity contribution in [3.8, 4) is 0 Å². The van der Waals surface area contributed by atoms with E-state index in [1.807, 2.05) is 6.07 Å². The van der Waals surface area contributed by atoms with Gasteiger partial charge in [0.1, 0.15) is 0 Å². The first kappa shape index (κ1) is 12.6. The van der Waals surface area contributed by atoms with Crippen LogP contribution in [0.25, 0.3) is 0 Å². The van der Waals surface area contributed by atoms with E-state index in [0.29, 0.717) is 24.9 Å². The van der Waals surface area contributed by atoms with Crippen molar-refractivity contribution in [1.29, 1.82) is 0 Å². The van der Waals surface area contributed by atoms with E-state index in [1.54, 1.807) is 24.3 Å². The first-order valence-corrected chi connectivity index (χ1v) is 5.88. The zero-order valence-corrected chi connectivity index (χ0v) is 9.82. The van der Waals surface area contributed by atoms with Crippen molar-refractivity contribution in [1.82, 2.24) is 4.90 Å². The molecule has 18 heavy (non-hydrogen) atoms. The maximum atomic E-state index is 12.2. The third-order valence-electron chi connectivity index (χ3n) is 3.20. The lowest BCUT2D eigenvalue weighted by Gasteiger charge is -2.26. The fourth-order valence-corrected chi connectivity index (χ4v) is 2.28. The molecule has 0 radical (unpaired) electrons. The zero-order valence-electron chi connectivity index (χ0n) is 9.82. The normalized spacial score (nSPS) is 20.7. The fraction of sp³-hybridized carbons (Fsp3) is 0.385. The van der Waals surface area contributed by atoms with Crippen molar-refractivity contribution in [2.45, 2.75) is 25.0 Å². The van der Waals surface area contributed by atoms with Gasteiger partial charge in [0.2, 0.25) is 0 Å². The number of carbonyl (C=O) groups excluding carboxylic acids is 1. The van der Waals surface area contributed by atoms with Crippen molar-refractivity contribution in [3.05, 3.63) is 35.9 Å². The third kappa shape index (κ3) is 2.36. The van der Waals surface area contributed by atoms with Crippen molar-refractivity contribution in [2.75, 3.05) is 6.54 Å². The summed E-state index contributed by atoms with van der Waals surface area (Å²) in [4.78, 5) is 24.5. The molecule has 1 aromatic carbocycles. The Morgan fingerprint density at radius 3 is 2.56 bits per heavy atom. The van der Waals surface area contributed by atoms with E-state index in [4.69, 9.17) is 5.11 Å². The molecule has 5 heteroatoms. The second-order valence-corrected chi connectivity index (χ2v) is 4.36. The summed E-state index contributed by atoms with van der Waals surface area (Å²) >= 11 is 0. The number of aliphatic hydroxyl groups is 1. The van der Waals surface area contributed by atoms with Gasteiger partial charge in [-0.25, -0.2) is 4.79 Å². The van der Waals surface area contributed by atoms with Crippen LogP contribution in [0.2, 0.25) is 0 Å². The molecule has 1 aliphatic heterocycles. The maximum Gasteiger partial charge on any atom is 0.334 e. The van der Waals surface area contributed by atoms with E-state index < -0.39 is 18.1 Å². The van der Waals surface area contributed by atoms with Crippen LogP contribution in [0.4, 0.5) is 0 Å². The highest BCUT2D eigenvalue weighted by Crippen LogP contribution is 2.22. The Morgan fingerprint density at radius 2 is 1.94 bits per heavy atom. The largest absolute Gasteiger partial charge is 0.479 e. The zero-order chi connectivity index (χ0) is 13.1. The second-order valence-electron chi connectivity index (χ2n) is 4.36. The lowest BCUT2D eigenvalue weighted by atomic mass is 10.1. The number of aliphatic hydroxyl groups excluding tert-OH is 1. The molecule has 0 aliphatic carbocycles.